The summed E-state index contributed by atoms with van der Waals surface area (Å²) in [5.74, 6) is 1.82. The molecule has 3 rings (SSSR count). The smallest absolute Gasteiger partial charge is 0.123 e. The van der Waals surface area contributed by atoms with Crippen LogP contribution in [0.2, 0.25) is 0 Å². The van der Waals surface area contributed by atoms with E-state index in [0.717, 1.165) is 16.9 Å². The summed E-state index contributed by atoms with van der Waals surface area (Å²) in [5.41, 5.74) is 3.26. The molecule has 33 heavy (non-hydrogen) atoms. The summed E-state index contributed by atoms with van der Waals surface area (Å²) in [6, 6.07) is 16.5. The Hall–Kier alpha value is -3.34. The molecule has 5 nitrogen and oxygen atoms in total. The summed E-state index contributed by atoms with van der Waals surface area (Å²) in [4.78, 5) is 0. The fraction of sp³-hybridized carbons (Fsp3) is 0.357. The molecule has 0 bridgehead atoms. The summed E-state index contributed by atoms with van der Waals surface area (Å²) < 4.78 is 4.86. The van der Waals surface area contributed by atoms with Crippen LogP contribution in [-0.2, 0) is 10.8 Å². The predicted octanol–water partition coefficient (Wildman–Crippen LogP) is 6.79. The Kier molecular flexibility index (Phi) is 9.65. The highest BCUT2D eigenvalue weighted by molar-refractivity contribution is 5.49. The number of aromatic hydroxyl groups is 4. The molecule has 3 aromatic carbocycles. The van der Waals surface area contributed by atoms with Crippen LogP contribution in [0.1, 0.15) is 58.2 Å². The zero-order valence-electron chi connectivity index (χ0n) is 21.0. The Morgan fingerprint density at radius 2 is 0.879 bits per heavy atom. The highest BCUT2D eigenvalue weighted by Crippen LogP contribution is 2.39. The molecule has 3 aromatic rings. The average molecular weight is 455 g/mol. The average Bonchev–Trinajstić information content (AvgIpc) is 2.71. The first kappa shape index (κ1) is 27.7. The monoisotopic (exact) mass is 454 g/mol. The van der Waals surface area contributed by atoms with Crippen molar-refractivity contribution in [3.8, 4) is 28.7 Å². The predicted molar refractivity (Wildman–Crippen MR) is 135 cm³/mol. The first-order valence-electron chi connectivity index (χ1n) is 10.8. The maximum absolute atomic E-state index is 10.4. The number of hydrogen-bond donors (Lipinski definition) is 4. The third-order valence-corrected chi connectivity index (χ3v) is 4.79. The number of hydrogen-bond acceptors (Lipinski definition) is 5. The van der Waals surface area contributed by atoms with Gasteiger partial charge in [-0.3, -0.25) is 0 Å². The van der Waals surface area contributed by atoms with E-state index >= 15 is 0 Å². The lowest BCUT2D eigenvalue weighted by Crippen LogP contribution is -2.17. The number of phenolic OH excluding ortho intramolecular Hbond substituents is 4. The van der Waals surface area contributed by atoms with Crippen LogP contribution < -0.4 is 4.74 Å². The van der Waals surface area contributed by atoms with Crippen LogP contribution in [0.4, 0.5) is 0 Å². The molecule has 0 unspecified atom stereocenters. The van der Waals surface area contributed by atoms with E-state index in [0.29, 0.717) is 5.75 Å². The van der Waals surface area contributed by atoms with Crippen molar-refractivity contribution in [2.24, 2.45) is 0 Å². The molecule has 0 heterocycles. The Bertz CT molecular complexity index is 936. The lowest BCUT2D eigenvalue weighted by atomic mass is 9.78. The molecule has 0 radical (unpaired) electrons. The SMILES string of the molecule is COc1ccc(O)cc1.Cc1cc(C(C)(C)C)c(O)c(C(C)(C)C)c1.Oc1ccc(O)cc1. The van der Waals surface area contributed by atoms with Gasteiger partial charge in [0, 0.05) is 0 Å². The van der Waals surface area contributed by atoms with Gasteiger partial charge in [0.15, 0.2) is 0 Å². The van der Waals surface area contributed by atoms with Crippen molar-refractivity contribution in [2.75, 3.05) is 7.11 Å². The number of benzene rings is 3. The normalized spacial score (nSPS) is 10.9. The van der Waals surface area contributed by atoms with Crippen molar-refractivity contribution in [3.63, 3.8) is 0 Å². The highest BCUT2D eigenvalue weighted by Gasteiger charge is 2.25. The first-order valence-corrected chi connectivity index (χ1v) is 10.8. The third kappa shape index (κ3) is 9.36. The molecule has 0 fully saturated rings. The van der Waals surface area contributed by atoms with Crippen LogP contribution in [0.3, 0.4) is 0 Å². The largest absolute Gasteiger partial charge is 0.508 e. The Labute approximate surface area is 197 Å². The van der Waals surface area contributed by atoms with Crippen LogP contribution in [0.15, 0.2) is 60.7 Å². The van der Waals surface area contributed by atoms with Crippen molar-refractivity contribution in [1.29, 1.82) is 0 Å². The van der Waals surface area contributed by atoms with Gasteiger partial charge in [0.05, 0.1) is 7.11 Å². The molecule has 180 valence electrons. The van der Waals surface area contributed by atoms with Gasteiger partial charge >= 0.3 is 0 Å². The molecular formula is C28H38O5. The number of methoxy groups -OCH3 is 1. The summed E-state index contributed by atoms with van der Waals surface area (Å²) in [7, 11) is 1.59. The minimum Gasteiger partial charge on any atom is -0.508 e. The fourth-order valence-electron chi connectivity index (χ4n) is 2.96. The molecule has 0 spiro atoms. The summed E-state index contributed by atoms with van der Waals surface area (Å²) in [6.45, 7) is 14.9. The number of phenols is 4. The summed E-state index contributed by atoms with van der Waals surface area (Å²) >= 11 is 0. The second kappa shape index (κ2) is 11.5. The minimum absolute atomic E-state index is 0.0178. The maximum Gasteiger partial charge on any atom is 0.123 e. The number of aryl methyl sites for hydroxylation is 1. The summed E-state index contributed by atoms with van der Waals surface area (Å²) in [5, 5.41) is 36.5. The Morgan fingerprint density at radius 3 is 1.15 bits per heavy atom. The molecule has 0 amide bonds. The number of rotatable bonds is 1. The third-order valence-electron chi connectivity index (χ3n) is 4.79. The van der Waals surface area contributed by atoms with Gasteiger partial charge in [0.2, 0.25) is 0 Å². The second-order valence-corrected chi connectivity index (χ2v) is 9.92. The van der Waals surface area contributed by atoms with E-state index in [2.05, 4.69) is 60.6 Å². The molecular weight excluding hydrogens is 416 g/mol. The Morgan fingerprint density at radius 1 is 0.576 bits per heavy atom. The van der Waals surface area contributed by atoms with Gasteiger partial charge in [-0.2, -0.15) is 0 Å². The standard InChI is InChI=1S/C15H24O.C7H8O2.C6H6O2/c1-10-8-11(14(2,3)4)13(16)12(9-10)15(5,6)7;1-9-7-4-2-6(8)3-5-7;7-5-1-2-6(8)4-3-5/h8-9,16H,1-7H3;2-5,8H,1H3;1-4,7-8H. The molecule has 0 saturated heterocycles. The van der Waals surface area contributed by atoms with E-state index in [4.69, 9.17) is 20.1 Å². The van der Waals surface area contributed by atoms with Crippen LogP contribution in [0.25, 0.3) is 0 Å². The topological polar surface area (TPSA) is 90.2 Å². The lowest BCUT2D eigenvalue weighted by molar-refractivity contribution is 0.412. The molecule has 0 aliphatic carbocycles. The van der Waals surface area contributed by atoms with Gasteiger partial charge in [-0.25, -0.2) is 0 Å². The molecule has 5 heteroatoms. The molecule has 0 saturated carbocycles. The molecule has 0 atom stereocenters. The molecule has 0 aliphatic rings. The van der Waals surface area contributed by atoms with Gasteiger partial charge in [0.1, 0.15) is 28.7 Å². The van der Waals surface area contributed by atoms with Crippen LogP contribution in [0, 0.1) is 6.92 Å². The lowest BCUT2D eigenvalue weighted by Gasteiger charge is -2.27. The van der Waals surface area contributed by atoms with E-state index in [9.17, 15) is 5.11 Å². The van der Waals surface area contributed by atoms with Crippen molar-refractivity contribution in [2.45, 2.75) is 59.3 Å². The van der Waals surface area contributed by atoms with Crippen molar-refractivity contribution < 1.29 is 25.2 Å². The Balaban J connectivity index is 0.000000270. The van der Waals surface area contributed by atoms with Crippen LogP contribution in [-0.4, -0.2) is 27.5 Å². The van der Waals surface area contributed by atoms with Crippen molar-refractivity contribution in [1.82, 2.24) is 0 Å². The second-order valence-electron chi connectivity index (χ2n) is 9.92. The zero-order chi connectivity index (χ0) is 25.4. The summed E-state index contributed by atoms with van der Waals surface area (Å²) in [6.07, 6.45) is 0. The van der Waals surface area contributed by atoms with Gasteiger partial charge in [-0.1, -0.05) is 59.2 Å². The van der Waals surface area contributed by atoms with E-state index in [1.54, 1.807) is 31.4 Å². The highest BCUT2D eigenvalue weighted by atomic mass is 16.5. The van der Waals surface area contributed by atoms with Gasteiger partial charge in [-0.15, -0.1) is 0 Å². The minimum atomic E-state index is -0.0178. The zero-order valence-corrected chi connectivity index (χ0v) is 21.0. The molecule has 4 N–H and O–H groups in total. The van der Waals surface area contributed by atoms with E-state index < -0.39 is 0 Å². The quantitative estimate of drug-likeness (QED) is 0.304. The van der Waals surface area contributed by atoms with E-state index in [1.165, 1.54) is 29.8 Å². The van der Waals surface area contributed by atoms with Crippen molar-refractivity contribution >= 4 is 0 Å². The maximum atomic E-state index is 10.4. The molecule has 0 aliphatic heterocycles. The van der Waals surface area contributed by atoms with Gasteiger partial charge in [0.25, 0.3) is 0 Å². The van der Waals surface area contributed by atoms with E-state index in [1.807, 2.05) is 0 Å². The fourth-order valence-corrected chi connectivity index (χ4v) is 2.96. The molecule has 0 aromatic heterocycles. The van der Waals surface area contributed by atoms with Crippen LogP contribution in [0.5, 0.6) is 28.7 Å². The first-order chi connectivity index (χ1) is 15.1. The van der Waals surface area contributed by atoms with E-state index in [-0.39, 0.29) is 28.1 Å². The van der Waals surface area contributed by atoms with Gasteiger partial charge < -0.3 is 25.2 Å². The number of ether oxygens (including phenoxy) is 1. The van der Waals surface area contributed by atoms with Crippen molar-refractivity contribution in [3.05, 3.63) is 77.4 Å². The van der Waals surface area contributed by atoms with Crippen LogP contribution >= 0.6 is 0 Å². The van der Waals surface area contributed by atoms with Gasteiger partial charge in [-0.05, 0) is 77.4 Å².